The predicted molar refractivity (Wildman–Crippen MR) is 58.4 cm³/mol. The molecule has 0 radical (unpaired) electrons. The fourth-order valence-electron chi connectivity index (χ4n) is 0.654. The summed E-state index contributed by atoms with van der Waals surface area (Å²) in [6.45, 7) is 0. The zero-order valence-corrected chi connectivity index (χ0v) is 10.2. The number of thiol groups is 2. The summed E-state index contributed by atoms with van der Waals surface area (Å²) >= 11 is 7.48. The first-order valence-corrected chi connectivity index (χ1v) is 7.53. The molecule has 0 spiro atoms. The Hall–Kier alpha value is 0.520. The Balaban J connectivity index is 4.35. The smallest absolute Gasteiger partial charge is 0.265 e. The lowest BCUT2D eigenvalue weighted by Gasteiger charge is -2.14. The fourth-order valence-corrected chi connectivity index (χ4v) is 3.61. The molecule has 86 valence electrons. The maximum atomic E-state index is 10.4. The lowest BCUT2D eigenvalue weighted by Crippen LogP contribution is -2.30. The van der Waals surface area contributed by atoms with Crippen LogP contribution >= 0.6 is 25.3 Å². The van der Waals surface area contributed by atoms with E-state index in [4.69, 9.17) is 9.11 Å². The Labute approximate surface area is 93.4 Å². The van der Waals surface area contributed by atoms with Crippen molar-refractivity contribution >= 4 is 45.5 Å². The minimum absolute atomic E-state index is 0.722. The fraction of sp³-hybridized carbons (Fsp3) is 1.00. The van der Waals surface area contributed by atoms with Gasteiger partial charge in [0.2, 0.25) is 0 Å². The van der Waals surface area contributed by atoms with Gasteiger partial charge in [0.15, 0.2) is 0 Å². The normalized spacial score (nSPS) is 17.7. The van der Waals surface area contributed by atoms with Crippen molar-refractivity contribution in [2.24, 2.45) is 0 Å². The second-order valence-corrected chi connectivity index (χ2v) is 6.95. The molecule has 0 saturated carbocycles. The van der Waals surface area contributed by atoms with Crippen LogP contribution in [0.2, 0.25) is 0 Å². The van der Waals surface area contributed by atoms with Crippen molar-refractivity contribution in [2.45, 2.75) is 10.5 Å². The molecular weight excluding hydrogens is 272 g/mol. The highest BCUT2D eigenvalue weighted by Gasteiger charge is 2.24. The standard InChI is InChI=1S/C4H10O6S4/c5-13(6,7)1-3(11)4(12)2-14(8,9)10/h3-4,11-12H,1-2H2,(H,5,6,7)(H,8,9,10). The van der Waals surface area contributed by atoms with E-state index < -0.39 is 42.2 Å². The van der Waals surface area contributed by atoms with Crippen LogP contribution in [0.4, 0.5) is 0 Å². The van der Waals surface area contributed by atoms with Crippen LogP contribution in [-0.4, -0.2) is 47.9 Å². The first-order chi connectivity index (χ1) is 6.01. The number of hydrogen-bond acceptors (Lipinski definition) is 6. The van der Waals surface area contributed by atoms with Gasteiger partial charge in [-0.15, -0.1) is 0 Å². The predicted octanol–water partition coefficient (Wildman–Crippen LogP) is -0.641. The molecule has 0 amide bonds. The molecule has 14 heavy (non-hydrogen) atoms. The average Bonchev–Trinajstić information content (AvgIpc) is 1.78. The third kappa shape index (κ3) is 7.88. The molecule has 6 nitrogen and oxygen atoms in total. The first-order valence-electron chi connectivity index (χ1n) is 3.28. The van der Waals surface area contributed by atoms with Crippen LogP contribution in [-0.2, 0) is 20.2 Å². The van der Waals surface area contributed by atoms with Gasteiger partial charge >= 0.3 is 0 Å². The van der Waals surface area contributed by atoms with Crippen molar-refractivity contribution in [3.8, 4) is 0 Å². The van der Waals surface area contributed by atoms with Gasteiger partial charge in [0.25, 0.3) is 20.2 Å². The van der Waals surface area contributed by atoms with Gasteiger partial charge in [-0.1, -0.05) is 0 Å². The molecule has 0 saturated heterocycles. The van der Waals surface area contributed by atoms with Crippen LogP contribution in [0, 0.1) is 0 Å². The van der Waals surface area contributed by atoms with E-state index in [0.717, 1.165) is 0 Å². The molecule has 0 aromatic rings. The maximum absolute atomic E-state index is 10.4. The van der Waals surface area contributed by atoms with E-state index in [1.165, 1.54) is 0 Å². The third-order valence-corrected chi connectivity index (χ3v) is 4.58. The Bertz CT molecular complexity index is 331. The van der Waals surface area contributed by atoms with Crippen molar-refractivity contribution in [3.63, 3.8) is 0 Å². The zero-order valence-electron chi connectivity index (χ0n) is 6.81. The van der Waals surface area contributed by atoms with E-state index in [1.54, 1.807) is 0 Å². The molecule has 10 heteroatoms. The Morgan fingerprint density at radius 3 is 1.21 bits per heavy atom. The lowest BCUT2D eigenvalue weighted by atomic mass is 10.3. The third-order valence-electron chi connectivity index (χ3n) is 1.21. The molecule has 2 N–H and O–H groups in total. The van der Waals surface area contributed by atoms with Crippen LogP contribution in [0.5, 0.6) is 0 Å². The molecular formula is C4H10O6S4. The second kappa shape index (κ2) is 5.03. The molecule has 0 aliphatic heterocycles. The van der Waals surface area contributed by atoms with Crippen LogP contribution in [0.15, 0.2) is 0 Å². The monoisotopic (exact) mass is 282 g/mol. The van der Waals surface area contributed by atoms with E-state index in [2.05, 4.69) is 25.3 Å². The molecule has 0 aromatic heterocycles. The lowest BCUT2D eigenvalue weighted by molar-refractivity contribution is 0.474. The van der Waals surface area contributed by atoms with Gasteiger partial charge in [-0.25, -0.2) is 0 Å². The molecule has 0 aliphatic carbocycles. The van der Waals surface area contributed by atoms with Gasteiger partial charge in [0.1, 0.15) is 0 Å². The Morgan fingerprint density at radius 2 is 1.07 bits per heavy atom. The zero-order chi connectivity index (χ0) is 11.6. The molecule has 0 heterocycles. The summed E-state index contributed by atoms with van der Waals surface area (Å²) in [4.78, 5) is 0. The quantitative estimate of drug-likeness (QED) is 0.394. The SMILES string of the molecule is O=S(=O)(O)CC(S)C(S)CS(=O)(=O)O. The van der Waals surface area contributed by atoms with Crippen molar-refractivity contribution < 1.29 is 25.9 Å². The highest BCUT2D eigenvalue weighted by atomic mass is 32.2. The number of hydrogen-bond donors (Lipinski definition) is 4. The van der Waals surface area contributed by atoms with Crippen molar-refractivity contribution in [1.82, 2.24) is 0 Å². The molecule has 2 atom stereocenters. The van der Waals surface area contributed by atoms with Gasteiger partial charge in [-0.05, 0) is 0 Å². The van der Waals surface area contributed by atoms with Crippen LogP contribution in [0.3, 0.4) is 0 Å². The molecule has 2 unspecified atom stereocenters. The Kier molecular flexibility index (Phi) is 5.22. The van der Waals surface area contributed by atoms with Gasteiger partial charge < -0.3 is 0 Å². The molecule has 0 fully saturated rings. The summed E-state index contributed by atoms with van der Waals surface area (Å²) in [6.07, 6.45) is 0. The van der Waals surface area contributed by atoms with Crippen LogP contribution in [0.1, 0.15) is 0 Å². The van der Waals surface area contributed by atoms with Crippen molar-refractivity contribution in [1.29, 1.82) is 0 Å². The van der Waals surface area contributed by atoms with Gasteiger partial charge in [0, 0.05) is 10.5 Å². The van der Waals surface area contributed by atoms with Crippen LogP contribution in [0.25, 0.3) is 0 Å². The summed E-state index contributed by atoms with van der Waals surface area (Å²) in [5.74, 6) is -1.44. The molecule has 0 bridgehead atoms. The highest BCUT2D eigenvalue weighted by molar-refractivity contribution is 7.90. The maximum Gasteiger partial charge on any atom is 0.265 e. The second-order valence-electron chi connectivity index (χ2n) is 2.63. The summed E-state index contributed by atoms with van der Waals surface area (Å²) < 4.78 is 58.3. The van der Waals surface area contributed by atoms with E-state index in [-0.39, 0.29) is 0 Å². The van der Waals surface area contributed by atoms with Gasteiger partial charge in [-0.3, -0.25) is 9.11 Å². The minimum Gasteiger partial charge on any atom is -0.286 e. The summed E-state index contributed by atoms with van der Waals surface area (Å²) in [6, 6.07) is 0. The van der Waals surface area contributed by atoms with Crippen LogP contribution < -0.4 is 0 Å². The van der Waals surface area contributed by atoms with E-state index in [1.807, 2.05) is 0 Å². The summed E-state index contributed by atoms with van der Waals surface area (Å²) in [7, 11) is -8.45. The first kappa shape index (κ1) is 14.5. The minimum atomic E-state index is -4.23. The van der Waals surface area contributed by atoms with Crippen molar-refractivity contribution in [2.75, 3.05) is 11.5 Å². The van der Waals surface area contributed by atoms with E-state index in [0.29, 0.717) is 0 Å². The Morgan fingerprint density at radius 1 is 0.857 bits per heavy atom. The highest BCUT2D eigenvalue weighted by Crippen LogP contribution is 2.13. The van der Waals surface area contributed by atoms with E-state index in [9.17, 15) is 16.8 Å². The van der Waals surface area contributed by atoms with Gasteiger partial charge in [0.05, 0.1) is 11.5 Å². The molecule has 0 aliphatic rings. The largest absolute Gasteiger partial charge is 0.286 e. The van der Waals surface area contributed by atoms with Crippen molar-refractivity contribution in [3.05, 3.63) is 0 Å². The number of rotatable bonds is 5. The molecule has 0 aromatic carbocycles. The topological polar surface area (TPSA) is 109 Å². The molecule has 0 rings (SSSR count). The van der Waals surface area contributed by atoms with E-state index >= 15 is 0 Å². The summed E-state index contributed by atoms with van der Waals surface area (Å²) in [5, 5.41) is -1.95. The van der Waals surface area contributed by atoms with Gasteiger partial charge in [-0.2, -0.15) is 42.1 Å². The average molecular weight is 282 g/mol. The summed E-state index contributed by atoms with van der Waals surface area (Å²) in [5.41, 5.74) is 0.